The van der Waals surface area contributed by atoms with Crippen molar-refractivity contribution in [3.05, 3.63) is 29.5 Å². The number of nitrogens with zero attached hydrogens (tertiary/aromatic N) is 2. The van der Waals surface area contributed by atoms with E-state index in [2.05, 4.69) is 30.7 Å². The van der Waals surface area contributed by atoms with E-state index in [0.717, 1.165) is 36.1 Å². The van der Waals surface area contributed by atoms with Crippen LogP contribution >= 0.6 is 0 Å². The molecule has 0 radical (unpaired) electrons. The van der Waals surface area contributed by atoms with Crippen LogP contribution < -0.4 is 4.90 Å². The molecule has 1 rings (SSSR count). The first-order valence-electron chi connectivity index (χ1n) is 6.56. The maximum Gasteiger partial charge on any atom is 0.328 e. The van der Waals surface area contributed by atoms with Gasteiger partial charge in [-0.1, -0.05) is 13.8 Å². The molecule has 0 atom stereocenters. The Morgan fingerprint density at radius 3 is 2.68 bits per heavy atom. The summed E-state index contributed by atoms with van der Waals surface area (Å²) in [4.78, 5) is 17.2. The molecule has 1 aromatic heterocycles. The van der Waals surface area contributed by atoms with E-state index in [-0.39, 0.29) is 0 Å². The van der Waals surface area contributed by atoms with Crippen molar-refractivity contribution in [1.82, 2.24) is 4.98 Å². The van der Waals surface area contributed by atoms with Gasteiger partial charge in [-0.3, -0.25) is 0 Å². The molecular weight excluding hydrogens is 240 g/mol. The minimum atomic E-state index is -0.947. The van der Waals surface area contributed by atoms with Crippen LogP contribution in [0.4, 0.5) is 5.82 Å². The quantitative estimate of drug-likeness (QED) is 0.801. The molecule has 0 aliphatic rings. The monoisotopic (exact) mass is 262 g/mol. The first kappa shape index (κ1) is 15.2. The van der Waals surface area contributed by atoms with Crippen LogP contribution in [0.3, 0.4) is 0 Å². The van der Waals surface area contributed by atoms with Gasteiger partial charge in [0.1, 0.15) is 5.82 Å². The van der Waals surface area contributed by atoms with E-state index in [0.29, 0.717) is 5.92 Å². The molecule has 0 aromatic carbocycles. The zero-order valence-corrected chi connectivity index (χ0v) is 12.1. The lowest BCUT2D eigenvalue weighted by Crippen LogP contribution is -2.28. The summed E-state index contributed by atoms with van der Waals surface area (Å²) in [5.74, 6) is 0.605. The average molecular weight is 262 g/mol. The van der Waals surface area contributed by atoms with Gasteiger partial charge < -0.3 is 10.0 Å². The second-order valence-electron chi connectivity index (χ2n) is 5.01. The topological polar surface area (TPSA) is 53.4 Å². The number of hydrogen-bond donors (Lipinski definition) is 1. The van der Waals surface area contributed by atoms with Crippen molar-refractivity contribution in [2.75, 3.05) is 18.0 Å². The summed E-state index contributed by atoms with van der Waals surface area (Å²) in [5, 5.41) is 8.61. The van der Waals surface area contributed by atoms with Crippen LogP contribution in [0.25, 0.3) is 6.08 Å². The highest BCUT2D eigenvalue weighted by atomic mass is 16.4. The summed E-state index contributed by atoms with van der Waals surface area (Å²) in [6.45, 7) is 10.4. The molecule has 0 unspecified atom stereocenters. The van der Waals surface area contributed by atoms with Gasteiger partial charge in [0.05, 0.1) is 0 Å². The van der Waals surface area contributed by atoms with Crippen molar-refractivity contribution in [1.29, 1.82) is 0 Å². The highest BCUT2D eigenvalue weighted by molar-refractivity contribution is 5.85. The summed E-state index contributed by atoms with van der Waals surface area (Å²) in [6.07, 6.45) is 4.40. The Morgan fingerprint density at radius 2 is 2.21 bits per heavy atom. The number of rotatable bonds is 6. The van der Waals surface area contributed by atoms with Crippen LogP contribution in [0.2, 0.25) is 0 Å². The third kappa shape index (κ3) is 4.73. The third-order valence-electron chi connectivity index (χ3n) is 2.76. The molecule has 0 saturated heterocycles. The Hall–Kier alpha value is -1.84. The van der Waals surface area contributed by atoms with Crippen molar-refractivity contribution in [2.24, 2.45) is 5.92 Å². The van der Waals surface area contributed by atoms with E-state index in [1.165, 1.54) is 0 Å². The fourth-order valence-electron chi connectivity index (χ4n) is 1.99. The maximum absolute atomic E-state index is 10.5. The fraction of sp³-hybridized carbons (Fsp3) is 0.467. The molecule has 0 fully saturated rings. The average Bonchev–Trinajstić information content (AvgIpc) is 2.33. The van der Waals surface area contributed by atoms with Gasteiger partial charge in [0.25, 0.3) is 0 Å². The Labute approximate surface area is 114 Å². The molecule has 1 N–H and O–H groups in total. The van der Waals surface area contributed by atoms with E-state index in [1.54, 1.807) is 12.3 Å². The third-order valence-corrected chi connectivity index (χ3v) is 2.76. The lowest BCUT2D eigenvalue weighted by Gasteiger charge is -2.25. The van der Waals surface area contributed by atoms with Crippen molar-refractivity contribution in [2.45, 2.75) is 27.7 Å². The molecule has 0 bridgehead atoms. The van der Waals surface area contributed by atoms with Gasteiger partial charge in [-0.2, -0.15) is 0 Å². The standard InChI is InChI=1S/C15H22N2O2/c1-5-17(10-11(2)3)15-12(4)8-13(9-16-15)6-7-14(18)19/h6-9,11H,5,10H2,1-4H3,(H,18,19)/b7-6+. The molecule has 0 saturated carbocycles. The number of hydrogen-bond acceptors (Lipinski definition) is 3. The SMILES string of the molecule is CCN(CC(C)C)c1ncc(/C=C/C(=O)O)cc1C. The zero-order valence-electron chi connectivity index (χ0n) is 12.1. The number of pyridine rings is 1. The molecule has 4 nitrogen and oxygen atoms in total. The van der Waals surface area contributed by atoms with Gasteiger partial charge in [0, 0.05) is 25.4 Å². The molecule has 0 aliphatic carbocycles. The second kappa shape index (κ2) is 6.92. The lowest BCUT2D eigenvalue weighted by atomic mass is 10.1. The van der Waals surface area contributed by atoms with E-state index in [9.17, 15) is 4.79 Å². The highest BCUT2D eigenvalue weighted by Crippen LogP contribution is 2.19. The molecule has 1 heterocycles. The molecule has 4 heteroatoms. The van der Waals surface area contributed by atoms with Crippen LogP contribution in [0.15, 0.2) is 18.3 Å². The largest absolute Gasteiger partial charge is 0.478 e. The smallest absolute Gasteiger partial charge is 0.328 e. The number of carbonyl (C=O) groups is 1. The number of aryl methyl sites for hydroxylation is 1. The minimum Gasteiger partial charge on any atom is -0.478 e. The Bertz CT molecular complexity index is 467. The van der Waals surface area contributed by atoms with E-state index in [4.69, 9.17) is 5.11 Å². The summed E-state index contributed by atoms with van der Waals surface area (Å²) >= 11 is 0. The predicted octanol–water partition coefficient (Wildman–Crippen LogP) is 2.97. The second-order valence-corrected chi connectivity index (χ2v) is 5.01. The Balaban J connectivity index is 2.95. The molecule has 0 spiro atoms. The fourth-order valence-corrected chi connectivity index (χ4v) is 1.99. The number of carboxylic acid groups (broad SMARTS) is 1. The van der Waals surface area contributed by atoms with Gasteiger partial charge in [0.2, 0.25) is 0 Å². The Kier molecular flexibility index (Phi) is 5.55. The summed E-state index contributed by atoms with van der Waals surface area (Å²) in [6, 6.07) is 1.96. The van der Waals surface area contributed by atoms with Crippen LogP contribution in [0.5, 0.6) is 0 Å². The molecular formula is C15H22N2O2. The summed E-state index contributed by atoms with van der Waals surface area (Å²) in [5.41, 5.74) is 1.87. The van der Waals surface area contributed by atoms with E-state index in [1.807, 2.05) is 13.0 Å². The van der Waals surface area contributed by atoms with Gasteiger partial charge in [-0.15, -0.1) is 0 Å². The van der Waals surface area contributed by atoms with E-state index >= 15 is 0 Å². The van der Waals surface area contributed by atoms with Crippen molar-refractivity contribution >= 4 is 17.9 Å². The molecule has 0 aliphatic heterocycles. The number of aliphatic carboxylic acids is 1. The van der Waals surface area contributed by atoms with Crippen molar-refractivity contribution < 1.29 is 9.90 Å². The molecule has 104 valence electrons. The van der Waals surface area contributed by atoms with Gasteiger partial charge >= 0.3 is 5.97 Å². The lowest BCUT2D eigenvalue weighted by molar-refractivity contribution is -0.131. The van der Waals surface area contributed by atoms with Crippen molar-refractivity contribution in [3.63, 3.8) is 0 Å². The first-order chi connectivity index (χ1) is 8.93. The number of anilines is 1. The maximum atomic E-state index is 10.5. The predicted molar refractivity (Wildman–Crippen MR) is 78.4 cm³/mol. The van der Waals surface area contributed by atoms with Crippen LogP contribution in [-0.2, 0) is 4.79 Å². The van der Waals surface area contributed by atoms with Crippen LogP contribution in [0, 0.1) is 12.8 Å². The molecule has 1 aromatic rings. The Morgan fingerprint density at radius 1 is 1.53 bits per heavy atom. The normalized spacial score (nSPS) is 11.2. The number of aromatic nitrogens is 1. The molecule has 19 heavy (non-hydrogen) atoms. The first-order valence-corrected chi connectivity index (χ1v) is 6.56. The highest BCUT2D eigenvalue weighted by Gasteiger charge is 2.10. The summed E-state index contributed by atoms with van der Waals surface area (Å²) in [7, 11) is 0. The molecule has 0 amide bonds. The summed E-state index contributed by atoms with van der Waals surface area (Å²) < 4.78 is 0. The van der Waals surface area contributed by atoms with Crippen LogP contribution in [-0.4, -0.2) is 29.1 Å². The number of carboxylic acids is 1. The van der Waals surface area contributed by atoms with Crippen molar-refractivity contribution in [3.8, 4) is 0 Å². The van der Waals surface area contributed by atoms with Gasteiger partial charge in [-0.25, -0.2) is 9.78 Å². The zero-order chi connectivity index (χ0) is 14.4. The van der Waals surface area contributed by atoms with Crippen LogP contribution in [0.1, 0.15) is 31.9 Å². The van der Waals surface area contributed by atoms with E-state index < -0.39 is 5.97 Å². The van der Waals surface area contributed by atoms with Gasteiger partial charge in [0.15, 0.2) is 0 Å². The minimum absolute atomic E-state index is 0.577. The van der Waals surface area contributed by atoms with Gasteiger partial charge in [-0.05, 0) is 43.0 Å².